The van der Waals surface area contributed by atoms with Crippen molar-refractivity contribution in [2.24, 2.45) is 0 Å². The Morgan fingerprint density at radius 2 is 2.08 bits per heavy atom. The van der Waals surface area contributed by atoms with Crippen LogP contribution in [0.4, 0.5) is 10.6 Å². The highest BCUT2D eigenvalue weighted by Gasteiger charge is 2.28. The normalized spacial score (nSPS) is 21.0. The summed E-state index contributed by atoms with van der Waals surface area (Å²) in [5.41, 5.74) is 1.31. The van der Waals surface area contributed by atoms with Crippen LogP contribution in [0, 0.1) is 6.92 Å². The van der Waals surface area contributed by atoms with Gasteiger partial charge in [-0.1, -0.05) is 0 Å². The first-order valence-electron chi connectivity index (χ1n) is 8.37. The fourth-order valence-electron chi connectivity index (χ4n) is 3.07. The van der Waals surface area contributed by atoms with E-state index in [9.17, 15) is 4.79 Å². The quantitative estimate of drug-likeness (QED) is 0.904. The molecule has 7 nitrogen and oxygen atoms in total. The lowest BCUT2D eigenvalue weighted by molar-refractivity contribution is 0.0505. The van der Waals surface area contributed by atoms with Gasteiger partial charge in [-0.25, -0.2) is 9.78 Å². The van der Waals surface area contributed by atoms with Gasteiger partial charge >= 0.3 is 6.09 Å². The maximum atomic E-state index is 11.9. The lowest BCUT2D eigenvalue weighted by Gasteiger charge is -2.22. The highest BCUT2D eigenvalue weighted by Crippen LogP contribution is 2.24. The molecule has 130 valence electrons. The number of fused-ring (bicyclic) bond motifs is 1. The third-order valence-corrected chi connectivity index (χ3v) is 3.99. The molecule has 3 rings (SSSR count). The third-order valence-electron chi connectivity index (χ3n) is 3.99. The lowest BCUT2D eigenvalue weighted by Crippen LogP contribution is -2.38. The predicted octanol–water partition coefficient (Wildman–Crippen LogP) is 2.90. The molecule has 0 unspecified atom stereocenters. The Morgan fingerprint density at radius 3 is 2.83 bits per heavy atom. The molecule has 24 heavy (non-hydrogen) atoms. The first kappa shape index (κ1) is 16.5. The number of carbonyl (C=O) groups is 1. The summed E-state index contributed by atoms with van der Waals surface area (Å²) in [4.78, 5) is 16.3. The molecule has 1 fully saturated rings. The molecular formula is C17H25N5O2. The van der Waals surface area contributed by atoms with Crippen LogP contribution in [-0.4, -0.2) is 38.4 Å². The second-order valence-electron chi connectivity index (χ2n) is 7.38. The van der Waals surface area contributed by atoms with Crippen molar-refractivity contribution in [1.82, 2.24) is 19.9 Å². The van der Waals surface area contributed by atoms with E-state index in [1.54, 1.807) is 6.20 Å². The summed E-state index contributed by atoms with van der Waals surface area (Å²) in [7, 11) is 0. The molecule has 2 N–H and O–H groups in total. The van der Waals surface area contributed by atoms with E-state index in [4.69, 9.17) is 4.74 Å². The van der Waals surface area contributed by atoms with E-state index in [0.717, 1.165) is 36.4 Å². The van der Waals surface area contributed by atoms with Gasteiger partial charge < -0.3 is 15.4 Å². The molecule has 2 aromatic heterocycles. The summed E-state index contributed by atoms with van der Waals surface area (Å²) in [6, 6.07) is 4.31. The smallest absolute Gasteiger partial charge is 0.407 e. The molecule has 2 aromatic rings. The highest BCUT2D eigenvalue weighted by atomic mass is 16.6. The molecule has 0 aromatic carbocycles. The molecule has 1 aliphatic rings. The van der Waals surface area contributed by atoms with Crippen LogP contribution in [-0.2, 0) is 4.74 Å². The minimum absolute atomic E-state index is 0.133. The Bertz CT molecular complexity index is 734. The van der Waals surface area contributed by atoms with Crippen molar-refractivity contribution < 1.29 is 9.53 Å². The Balaban J connectivity index is 1.60. The molecule has 1 saturated carbocycles. The van der Waals surface area contributed by atoms with E-state index in [-0.39, 0.29) is 12.1 Å². The lowest BCUT2D eigenvalue weighted by atomic mass is 10.2. The zero-order chi connectivity index (χ0) is 17.3. The second kappa shape index (κ2) is 6.30. The van der Waals surface area contributed by atoms with Crippen LogP contribution in [0.5, 0.6) is 0 Å². The first-order valence-corrected chi connectivity index (χ1v) is 8.37. The average molecular weight is 331 g/mol. The molecule has 0 aliphatic heterocycles. The molecular weight excluding hydrogens is 306 g/mol. The fourth-order valence-corrected chi connectivity index (χ4v) is 3.07. The number of hydrogen-bond acceptors (Lipinski definition) is 5. The maximum absolute atomic E-state index is 11.9. The summed E-state index contributed by atoms with van der Waals surface area (Å²) in [5, 5.41) is 10.8. The van der Waals surface area contributed by atoms with E-state index in [0.29, 0.717) is 6.04 Å². The van der Waals surface area contributed by atoms with Gasteiger partial charge in [-0.05, 0) is 47.0 Å². The van der Waals surface area contributed by atoms with E-state index in [1.165, 1.54) is 0 Å². The Hall–Kier alpha value is -2.31. The fraction of sp³-hybridized carbons (Fsp3) is 0.588. The van der Waals surface area contributed by atoms with Crippen molar-refractivity contribution in [2.75, 3.05) is 5.32 Å². The average Bonchev–Trinajstić information content (AvgIpc) is 3.05. The van der Waals surface area contributed by atoms with Crippen LogP contribution < -0.4 is 10.6 Å². The number of rotatable bonds is 3. The summed E-state index contributed by atoms with van der Waals surface area (Å²) in [5.74, 6) is 0.936. The standard InChI is InChI=1S/C17H25N5O2/c1-11-9-15(22-14(19-11)7-8-18-22)20-12-5-6-13(10-12)21-16(23)24-17(2,3)4/h7-9,12-13,20H,5-6,10H2,1-4H3,(H,21,23)/t12-,13-/m0/s1. The SMILES string of the molecule is Cc1cc(N[C@H]2CC[C@H](NC(=O)OC(C)(C)C)C2)n2nccc2n1. The largest absolute Gasteiger partial charge is 0.444 e. The number of nitrogens with one attached hydrogen (secondary N) is 2. The number of alkyl carbamates (subject to hydrolysis) is 1. The monoisotopic (exact) mass is 331 g/mol. The molecule has 0 spiro atoms. The number of hydrogen-bond donors (Lipinski definition) is 2. The number of carbonyl (C=O) groups excluding carboxylic acids is 1. The molecule has 0 bridgehead atoms. The molecule has 0 saturated heterocycles. The van der Waals surface area contributed by atoms with Gasteiger partial charge in [-0.3, -0.25) is 0 Å². The zero-order valence-electron chi connectivity index (χ0n) is 14.7. The van der Waals surface area contributed by atoms with E-state index >= 15 is 0 Å². The number of aromatic nitrogens is 3. The summed E-state index contributed by atoms with van der Waals surface area (Å²) >= 11 is 0. The van der Waals surface area contributed by atoms with Gasteiger partial charge in [0, 0.05) is 29.9 Å². The Labute approximate surface area is 141 Å². The van der Waals surface area contributed by atoms with Gasteiger partial charge in [0.05, 0.1) is 6.20 Å². The zero-order valence-corrected chi connectivity index (χ0v) is 14.7. The van der Waals surface area contributed by atoms with Gasteiger partial charge in [-0.2, -0.15) is 9.61 Å². The van der Waals surface area contributed by atoms with Crippen LogP contribution in [0.15, 0.2) is 18.3 Å². The molecule has 0 radical (unpaired) electrons. The van der Waals surface area contributed by atoms with Crippen LogP contribution in [0.2, 0.25) is 0 Å². The van der Waals surface area contributed by atoms with Gasteiger partial charge in [0.1, 0.15) is 11.4 Å². The molecule has 1 aliphatic carbocycles. The predicted molar refractivity (Wildman–Crippen MR) is 92.1 cm³/mol. The number of aryl methyl sites for hydroxylation is 1. The van der Waals surface area contributed by atoms with Crippen LogP contribution in [0.1, 0.15) is 45.7 Å². The van der Waals surface area contributed by atoms with E-state index in [2.05, 4.69) is 20.7 Å². The summed E-state index contributed by atoms with van der Waals surface area (Å²) < 4.78 is 7.13. The number of amides is 1. The maximum Gasteiger partial charge on any atom is 0.407 e. The van der Waals surface area contributed by atoms with Gasteiger partial charge in [0.15, 0.2) is 5.65 Å². The van der Waals surface area contributed by atoms with E-state index in [1.807, 2.05) is 44.3 Å². The van der Waals surface area contributed by atoms with Crippen molar-refractivity contribution in [2.45, 2.75) is 64.6 Å². The van der Waals surface area contributed by atoms with E-state index < -0.39 is 5.60 Å². The summed E-state index contributed by atoms with van der Waals surface area (Å²) in [6.07, 6.45) is 4.19. The second-order valence-corrected chi connectivity index (χ2v) is 7.38. The number of anilines is 1. The molecule has 2 atom stereocenters. The van der Waals surface area contributed by atoms with Crippen molar-refractivity contribution in [1.29, 1.82) is 0 Å². The van der Waals surface area contributed by atoms with Crippen molar-refractivity contribution >= 4 is 17.6 Å². The van der Waals surface area contributed by atoms with Crippen molar-refractivity contribution in [3.63, 3.8) is 0 Å². The van der Waals surface area contributed by atoms with Crippen LogP contribution in [0.3, 0.4) is 0 Å². The minimum atomic E-state index is -0.472. The van der Waals surface area contributed by atoms with Crippen LogP contribution >= 0.6 is 0 Å². The summed E-state index contributed by atoms with van der Waals surface area (Å²) in [6.45, 7) is 7.58. The topological polar surface area (TPSA) is 80.5 Å². The Kier molecular flexibility index (Phi) is 4.34. The van der Waals surface area contributed by atoms with Crippen LogP contribution in [0.25, 0.3) is 5.65 Å². The molecule has 7 heteroatoms. The molecule has 1 amide bonds. The number of nitrogens with zero attached hydrogens (tertiary/aromatic N) is 3. The molecule has 2 heterocycles. The minimum Gasteiger partial charge on any atom is -0.444 e. The van der Waals surface area contributed by atoms with Gasteiger partial charge in [0.2, 0.25) is 0 Å². The third kappa shape index (κ3) is 3.96. The highest BCUT2D eigenvalue weighted by molar-refractivity contribution is 5.68. The Morgan fingerprint density at radius 1 is 1.33 bits per heavy atom. The van der Waals surface area contributed by atoms with Gasteiger partial charge in [-0.15, -0.1) is 0 Å². The van der Waals surface area contributed by atoms with Crippen molar-refractivity contribution in [3.8, 4) is 0 Å². The number of ether oxygens (including phenoxy) is 1. The van der Waals surface area contributed by atoms with Crippen molar-refractivity contribution in [3.05, 3.63) is 24.0 Å². The first-order chi connectivity index (χ1) is 11.3. The van der Waals surface area contributed by atoms with Gasteiger partial charge in [0.25, 0.3) is 0 Å².